The summed E-state index contributed by atoms with van der Waals surface area (Å²) in [6.45, 7) is 1.48. The van der Waals surface area contributed by atoms with Crippen LogP contribution < -0.4 is 38.2 Å². The Balaban J connectivity index is 1.86. The van der Waals surface area contributed by atoms with Crippen molar-refractivity contribution in [3.05, 3.63) is 59.1 Å². The first kappa shape index (κ1) is 25.4. The first-order chi connectivity index (χ1) is 17.5. The van der Waals surface area contributed by atoms with Crippen LogP contribution in [0.3, 0.4) is 0 Å². The molecule has 0 unspecified atom stereocenters. The quantitative estimate of drug-likeness (QED) is 0.375. The molecule has 0 N–H and O–H groups in total. The minimum absolute atomic E-state index is 0.159. The Morgan fingerprint density at radius 2 is 0.944 bits per heavy atom. The van der Waals surface area contributed by atoms with Gasteiger partial charge in [-0.25, -0.2) is 0 Å². The van der Waals surface area contributed by atoms with Crippen molar-refractivity contribution < 1.29 is 28.4 Å². The molecule has 1 fully saturated rings. The fourth-order valence-electron chi connectivity index (χ4n) is 4.63. The molecule has 0 bridgehead atoms. The summed E-state index contributed by atoms with van der Waals surface area (Å²) in [5.41, 5.74) is 2.93. The summed E-state index contributed by atoms with van der Waals surface area (Å²) in [6, 6.07) is 15.7. The zero-order valence-corrected chi connectivity index (χ0v) is 22.1. The predicted molar refractivity (Wildman–Crippen MR) is 141 cm³/mol. The topological polar surface area (TPSA) is 61.9 Å². The molecule has 0 saturated carbocycles. The van der Waals surface area contributed by atoms with Gasteiger partial charge in [0.05, 0.1) is 42.7 Å². The lowest BCUT2D eigenvalue weighted by Crippen LogP contribution is -2.31. The van der Waals surface area contributed by atoms with Crippen molar-refractivity contribution in [2.24, 2.45) is 0 Å². The number of rotatable bonds is 9. The molecule has 8 nitrogen and oxygen atoms in total. The summed E-state index contributed by atoms with van der Waals surface area (Å²) in [5.74, 6) is 3.46. The molecule has 3 aromatic rings. The molecule has 36 heavy (non-hydrogen) atoms. The van der Waals surface area contributed by atoms with E-state index in [2.05, 4.69) is 9.80 Å². The second kappa shape index (κ2) is 11.0. The molecule has 1 saturated heterocycles. The maximum absolute atomic E-state index is 6.23. The number of anilines is 2. The van der Waals surface area contributed by atoms with E-state index >= 15 is 0 Å². The molecule has 9 heteroatoms. The highest BCUT2D eigenvalue weighted by Crippen LogP contribution is 2.47. The lowest BCUT2D eigenvalue weighted by molar-refractivity contribution is 0.324. The third kappa shape index (κ3) is 4.60. The molecule has 4 rings (SSSR count). The minimum Gasteiger partial charge on any atom is -0.493 e. The lowest BCUT2D eigenvalue weighted by Gasteiger charge is -2.34. The first-order valence-corrected chi connectivity index (χ1v) is 11.8. The van der Waals surface area contributed by atoms with Crippen LogP contribution in [0.25, 0.3) is 0 Å². The number of nitrogens with zero attached hydrogens (tertiary/aromatic N) is 2. The van der Waals surface area contributed by atoms with Gasteiger partial charge in [-0.1, -0.05) is 23.7 Å². The van der Waals surface area contributed by atoms with Crippen molar-refractivity contribution in [1.82, 2.24) is 0 Å². The minimum atomic E-state index is -0.159. The molecule has 0 aliphatic carbocycles. The molecular weight excluding hydrogens is 484 g/mol. The SMILES string of the molecule is COc1cc(N2CCN(c3cc(OC)c(OC)c(OC)c3)C2c2ccc(Cl)cc2)cc(OC)c1OC. The molecule has 1 aliphatic heterocycles. The van der Waals surface area contributed by atoms with E-state index in [4.69, 9.17) is 40.0 Å². The zero-order valence-electron chi connectivity index (χ0n) is 21.3. The van der Waals surface area contributed by atoms with E-state index in [1.54, 1.807) is 42.7 Å². The van der Waals surface area contributed by atoms with Crippen molar-refractivity contribution in [3.63, 3.8) is 0 Å². The number of hydrogen-bond donors (Lipinski definition) is 0. The highest BCUT2D eigenvalue weighted by atomic mass is 35.5. The van der Waals surface area contributed by atoms with Gasteiger partial charge in [0.1, 0.15) is 6.17 Å². The highest BCUT2D eigenvalue weighted by Gasteiger charge is 2.35. The summed E-state index contributed by atoms with van der Waals surface area (Å²) >= 11 is 6.23. The summed E-state index contributed by atoms with van der Waals surface area (Å²) < 4.78 is 33.6. The molecule has 0 amide bonds. The Kier molecular flexibility index (Phi) is 7.74. The van der Waals surface area contributed by atoms with Crippen molar-refractivity contribution >= 4 is 23.0 Å². The normalized spacial score (nSPS) is 13.5. The van der Waals surface area contributed by atoms with Gasteiger partial charge in [0.2, 0.25) is 11.5 Å². The van der Waals surface area contributed by atoms with Gasteiger partial charge in [-0.15, -0.1) is 0 Å². The third-order valence-electron chi connectivity index (χ3n) is 6.30. The number of ether oxygens (including phenoxy) is 6. The van der Waals surface area contributed by atoms with Gasteiger partial charge in [0.25, 0.3) is 0 Å². The first-order valence-electron chi connectivity index (χ1n) is 11.4. The molecule has 0 spiro atoms. The van der Waals surface area contributed by atoms with E-state index in [0.717, 1.165) is 30.0 Å². The number of halogens is 1. The molecule has 1 heterocycles. The van der Waals surface area contributed by atoms with Crippen LogP contribution in [0.5, 0.6) is 34.5 Å². The molecular formula is C27H31ClN2O6. The van der Waals surface area contributed by atoms with Crippen molar-refractivity contribution in [2.45, 2.75) is 6.17 Å². The lowest BCUT2D eigenvalue weighted by atomic mass is 10.1. The maximum atomic E-state index is 6.23. The molecule has 0 atom stereocenters. The van der Waals surface area contributed by atoms with Gasteiger partial charge in [-0.2, -0.15) is 0 Å². The van der Waals surface area contributed by atoms with Crippen molar-refractivity contribution in [2.75, 3.05) is 65.5 Å². The Hall–Kier alpha value is -3.65. The second-order valence-electron chi connectivity index (χ2n) is 8.08. The van der Waals surface area contributed by atoms with E-state index in [-0.39, 0.29) is 6.17 Å². The second-order valence-corrected chi connectivity index (χ2v) is 8.52. The van der Waals surface area contributed by atoms with Crippen molar-refractivity contribution in [1.29, 1.82) is 0 Å². The molecule has 0 radical (unpaired) electrons. The summed E-state index contributed by atoms with van der Waals surface area (Å²) in [4.78, 5) is 4.58. The van der Waals surface area contributed by atoms with E-state index in [0.29, 0.717) is 39.5 Å². The highest BCUT2D eigenvalue weighted by molar-refractivity contribution is 6.30. The van der Waals surface area contributed by atoms with Gasteiger partial charge in [-0.05, 0) is 17.7 Å². The fourth-order valence-corrected chi connectivity index (χ4v) is 4.76. The summed E-state index contributed by atoms with van der Waals surface area (Å²) in [6.07, 6.45) is -0.159. The van der Waals surface area contributed by atoms with Crippen LogP contribution in [0.4, 0.5) is 11.4 Å². The molecule has 3 aromatic carbocycles. The van der Waals surface area contributed by atoms with Gasteiger partial charge in [-0.3, -0.25) is 0 Å². The van der Waals surface area contributed by atoms with E-state index < -0.39 is 0 Å². The molecule has 192 valence electrons. The van der Waals surface area contributed by atoms with E-state index in [9.17, 15) is 0 Å². The smallest absolute Gasteiger partial charge is 0.203 e. The van der Waals surface area contributed by atoms with Crippen LogP contribution >= 0.6 is 11.6 Å². The van der Waals surface area contributed by atoms with Gasteiger partial charge >= 0.3 is 0 Å². The Morgan fingerprint density at radius 1 is 0.583 bits per heavy atom. The summed E-state index contributed by atoms with van der Waals surface area (Å²) in [5, 5.41) is 0.676. The third-order valence-corrected chi connectivity index (χ3v) is 6.55. The number of benzene rings is 3. The Morgan fingerprint density at radius 3 is 1.25 bits per heavy atom. The average Bonchev–Trinajstić information content (AvgIpc) is 3.36. The molecule has 1 aliphatic rings. The zero-order chi connectivity index (χ0) is 25.8. The Labute approximate surface area is 216 Å². The van der Waals surface area contributed by atoms with Gasteiger partial charge in [0.15, 0.2) is 23.0 Å². The fraction of sp³-hybridized carbons (Fsp3) is 0.333. The van der Waals surface area contributed by atoms with E-state index in [1.165, 1.54) is 0 Å². The Bertz CT molecular complexity index is 1080. The maximum Gasteiger partial charge on any atom is 0.203 e. The monoisotopic (exact) mass is 514 g/mol. The largest absolute Gasteiger partial charge is 0.493 e. The van der Waals surface area contributed by atoms with Crippen LogP contribution in [0.15, 0.2) is 48.5 Å². The average molecular weight is 515 g/mol. The van der Waals surface area contributed by atoms with Crippen LogP contribution in [0.2, 0.25) is 5.02 Å². The van der Waals surface area contributed by atoms with Gasteiger partial charge < -0.3 is 38.2 Å². The van der Waals surface area contributed by atoms with Crippen LogP contribution in [-0.2, 0) is 0 Å². The van der Waals surface area contributed by atoms with Gasteiger partial charge in [0, 0.05) is 53.8 Å². The number of hydrogen-bond acceptors (Lipinski definition) is 8. The van der Waals surface area contributed by atoms with E-state index in [1.807, 2.05) is 48.5 Å². The standard InChI is InChI=1S/C27H31ClN2O6/c1-31-21-13-19(14-22(32-2)25(21)35-5)29-11-12-30(27(29)17-7-9-18(28)10-8-17)20-15-23(33-3)26(36-6)24(16-20)34-4/h7-10,13-16,27H,11-12H2,1-6H3. The summed E-state index contributed by atoms with van der Waals surface area (Å²) in [7, 11) is 9.65. The van der Waals surface area contributed by atoms with Crippen LogP contribution in [0.1, 0.15) is 11.7 Å². The van der Waals surface area contributed by atoms with Crippen LogP contribution in [-0.4, -0.2) is 55.7 Å². The number of methoxy groups -OCH3 is 6. The van der Waals surface area contributed by atoms with Crippen molar-refractivity contribution in [3.8, 4) is 34.5 Å². The predicted octanol–water partition coefficient (Wildman–Crippen LogP) is 5.42. The van der Waals surface area contributed by atoms with Crippen LogP contribution in [0, 0.1) is 0 Å². The molecule has 0 aromatic heterocycles.